The summed E-state index contributed by atoms with van der Waals surface area (Å²) < 4.78 is 5.81. The van der Waals surface area contributed by atoms with E-state index in [1.165, 1.54) is 5.56 Å². The normalized spacial score (nSPS) is 11.5. The van der Waals surface area contributed by atoms with Crippen LogP contribution >= 0.6 is 0 Å². The van der Waals surface area contributed by atoms with Crippen molar-refractivity contribution in [2.45, 2.75) is 33.0 Å². The zero-order chi connectivity index (χ0) is 17.4. The van der Waals surface area contributed by atoms with Gasteiger partial charge in [0, 0.05) is 32.4 Å². The van der Waals surface area contributed by atoms with Gasteiger partial charge in [-0.05, 0) is 57.8 Å². The zero-order valence-corrected chi connectivity index (χ0v) is 15.3. The number of ether oxygens (including phenoxy) is 1. The Morgan fingerprint density at radius 3 is 2.50 bits per heavy atom. The van der Waals surface area contributed by atoms with E-state index in [1.54, 1.807) is 0 Å². The first kappa shape index (κ1) is 18.4. The second-order valence-corrected chi connectivity index (χ2v) is 6.65. The van der Waals surface area contributed by atoms with Gasteiger partial charge in [-0.15, -0.1) is 0 Å². The molecule has 1 heterocycles. The van der Waals surface area contributed by atoms with Crippen LogP contribution in [0, 0.1) is 0 Å². The second kappa shape index (κ2) is 9.40. The van der Waals surface area contributed by atoms with Crippen LogP contribution < -0.4 is 4.74 Å². The Hall–Kier alpha value is -1.91. The minimum atomic E-state index is 0.193. The average Bonchev–Trinajstić information content (AvgIpc) is 2.53. The Balaban J connectivity index is 2.06. The van der Waals surface area contributed by atoms with Gasteiger partial charge in [0.15, 0.2) is 0 Å². The van der Waals surface area contributed by atoms with E-state index in [0.717, 1.165) is 37.6 Å². The number of hydrogen-bond donors (Lipinski definition) is 0. The van der Waals surface area contributed by atoms with Crippen LogP contribution in [-0.4, -0.2) is 48.1 Å². The summed E-state index contributed by atoms with van der Waals surface area (Å²) in [6, 6.07) is 14.5. The van der Waals surface area contributed by atoms with Gasteiger partial charge in [-0.2, -0.15) is 0 Å². The molecule has 0 unspecified atom stereocenters. The third-order valence-corrected chi connectivity index (χ3v) is 3.65. The number of benzene rings is 1. The van der Waals surface area contributed by atoms with Crippen molar-refractivity contribution in [3.05, 3.63) is 59.9 Å². The standard InChI is InChI=1S/C20H29N3O/c1-17(2)24-20-10-7-8-18(14-20)15-23(13-12-22(3)4)16-19-9-5-6-11-21-19/h5-11,14,17H,12-13,15-16H2,1-4H3. The maximum atomic E-state index is 5.81. The summed E-state index contributed by atoms with van der Waals surface area (Å²) in [5.74, 6) is 0.938. The van der Waals surface area contributed by atoms with E-state index in [4.69, 9.17) is 4.74 Å². The SMILES string of the molecule is CC(C)Oc1cccc(CN(CCN(C)C)Cc2ccccn2)c1. The first-order valence-corrected chi connectivity index (χ1v) is 8.55. The quantitative estimate of drug-likeness (QED) is 0.705. The summed E-state index contributed by atoms with van der Waals surface area (Å²) in [7, 11) is 4.21. The van der Waals surface area contributed by atoms with Gasteiger partial charge >= 0.3 is 0 Å². The van der Waals surface area contributed by atoms with Crippen molar-refractivity contribution >= 4 is 0 Å². The largest absolute Gasteiger partial charge is 0.491 e. The van der Waals surface area contributed by atoms with Crippen LogP contribution in [0.4, 0.5) is 0 Å². The highest BCUT2D eigenvalue weighted by Gasteiger charge is 2.09. The summed E-state index contributed by atoms with van der Waals surface area (Å²) in [6.07, 6.45) is 2.05. The summed E-state index contributed by atoms with van der Waals surface area (Å²) >= 11 is 0. The maximum Gasteiger partial charge on any atom is 0.120 e. The Morgan fingerprint density at radius 2 is 1.83 bits per heavy atom. The molecule has 0 aliphatic heterocycles. The lowest BCUT2D eigenvalue weighted by molar-refractivity contribution is 0.222. The van der Waals surface area contributed by atoms with Gasteiger partial charge in [0.1, 0.15) is 5.75 Å². The minimum absolute atomic E-state index is 0.193. The van der Waals surface area contributed by atoms with Crippen LogP contribution in [0.5, 0.6) is 5.75 Å². The third kappa shape index (κ3) is 6.69. The molecule has 0 bridgehead atoms. The lowest BCUT2D eigenvalue weighted by Crippen LogP contribution is -2.31. The van der Waals surface area contributed by atoms with Crippen LogP contribution in [-0.2, 0) is 13.1 Å². The van der Waals surface area contributed by atoms with Crippen molar-refractivity contribution in [3.63, 3.8) is 0 Å². The molecule has 24 heavy (non-hydrogen) atoms. The number of rotatable bonds is 9. The molecule has 1 aromatic heterocycles. The molecule has 0 spiro atoms. The fourth-order valence-electron chi connectivity index (χ4n) is 2.52. The van der Waals surface area contributed by atoms with Gasteiger partial charge in [0.2, 0.25) is 0 Å². The Bertz CT molecular complexity index is 599. The molecule has 0 saturated carbocycles. The number of pyridine rings is 1. The smallest absolute Gasteiger partial charge is 0.120 e. The molecule has 130 valence electrons. The van der Waals surface area contributed by atoms with E-state index >= 15 is 0 Å². The fraction of sp³-hybridized carbons (Fsp3) is 0.450. The van der Waals surface area contributed by atoms with Crippen LogP contribution in [0.1, 0.15) is 25.1 Å². The maximum absolute atomic E-state index is 5.81. The van der Waals surface area contributed by atoms with E-state index in [1.807, 2.05) is 24.4 Å². The lowest BCUT2D eigenvalue weighted by atomic mass is 10.2. The molecule has 0 radical (unpaired) electrons. The van der Waals surface area contributed by atoms with Crippen LogP contribution in [0.2, 0.25) is 0 Å². The highest BCUT2D eigenvalue weighted by atomic mass is 16.5. The predicted octanol–water partition coefficient (Wildman–Crippen LogP) is 3.43. The monoisotopic (exact) mass is 327 g/mol. The molecule has 0 aliphatic carbocycles. The van der Waals surface area contributed by atoms with Crippen LogP contribution in [0.3, 0.4) is 0 Å². The Morgan fingerprint density at radius 1 is 1.00 bits per heavy atom. The van der Waals surface area contributed by atoms with Crippen molar-refractivity contribution in [2.75, 3.05) is 27.2 Å². The molecule has 4 heteroatoms. The molecule has 0 saturated heterocycles. The van der Waals surface area contributed by atoms with Crippen LogP contribution in [0.25, 0.3) is 0 Å². The van der Waals surface area contributed by atoms with Gasteiger partial charge < -0.3 is 9.64 Å². The average molecular weight is 327 g/mol. The molecule has 4 nitrogen and oxygen atoms in total. The van der Waals surface area contributed by atoms with E-state index < -0.39 is 0 Å². The topological polar surface area (TPSA) is 28.6 Å². The van der Waals surface area contributed by atoms with Gasteiger partial charge in [0.25, 0.3) is 0 Å². The van der Waals surface area contributed by atoms with E-state index in [9.17, 15) is 0 Å². The molecule has 0 amide bonds. The summed E-state index contributed by atoms with van der Waals surface area (Å²) in [5, 5.41) is 0. The number of nitrogens with zero attached hydrogens (tertiary/aromatic N) is 3. The lowest BCUT2D eigenvalue weighted by Gasteiger charge is -2.24. The van der Waals surface area contributed by atoms with Crippen LogP contribution in [0.15, 0.2) is 48.7 Å². The summed E-state index contributed by atoms with van der Waals surface area (Å²) in [5.41, 5.74) is 2.37. The molecule has 0 N–H and O–H groups in total. The fourth-order valence-corrected chi connectivity index (χ4v) is 2.52. The molecule has 0 fully saturated rings. The molecular formula is C20H29N3O. The van der Waals surface area contributed by atoms with Crippen molar-refractivity contribution < 1.29 is 4.74 Å². The first-order valence-electron chi connectivity index (χ1n) is 8.55. The number of hydrogen-bond acceptors (Lipinski definition) is 4. The van der Waals surface area contributed by atoms with Gasteiger partial charge in [-0.1, -0.05) is 18.2 Å². The van der Waals surface area contributed by atoms with Crippen molar-refractivity contribution in [2.24, 2.45) is 0 Å². The molecule has 2 aromatic rings. The van der Waals surface area contributed by atoms with E-state index in [0.29, 0.717) is 0 Å². The minimum Gasteiger partial charge on any atom is -0.491 e. The summed E-state index contributed by atoms with van der Waals surface area (Å²) in [6.45, 7) is 7.87. The van der Waals surface area contributed by atoms with Gasteiger partial charge in [-0.25, -0.2) is 0 Å². The molecule has 0 atom stereocenters. The van der Waals surface area contributed by atoms with E-state index in [2.05, 4.69) is 67.0 Å². The summed E-state index contributed by atoms with van der Waals surface area (Å²) in [4.78, 5) is 9.10. The van der Waals surface area contributed by atoms with Crippen molar-refractivity contribution in [1.82, 2.24) is 14.8 Å². The van der Waals surface area contributed by atoms with Gasteiger partial charge in [0.05, 0.1) is 11.8 Å². The predicted molar refractivity (Wildman–Crippen MR) is 99.1 cm³/mol. The van der Waals surface area contributed by atoms with Crippen molar-refractivity contribution in [1.29, 1.82) is 0 Å². The van der Waals surface area contributed by atoms with Crippen molar-refractivity contribution in [3.8, 4) is 5.75 Å². The highest BCUT2D eigenvalue weighted by molar-refractivity contribution is 5.28. The third-order valence-electron chi connectivity index (χ3n) is 3.65. The Labute approximate surface area is 146 Å². The molecule has 2 rings (SSSR count). The molecule has 1 aromatic carbocycles. The van der Waals surface area contributed by atoms with Gasteiger partial charge in [-0.3, -0.25) is 9.88 Å². The number of aromatic nitrogens is 1. The first-order chi connectivity index (χ1) is 11.5. The molecule has 0 aliphatic rings. The zero-order valence-electron chi connectivity index (χ0n) is 15.3. The number of likely N-dealkylation sites (N-methyl/N-ethyl adjacent to an activating group) is 1. The Kier molecular flexibility index (Phi) is 7.22. The van der Waals surface area contributed by atoms with E-state index in [-0.39, 0.29) is 6.10 Å². The highest BCUT2D eigenvalue weighted by Crippen LogP contribution is 2.17. The molecular weight excluding hydrogens is 298 g/mol. The second-order valence-electron chi connectivity index (χ2n) is 6.65.